The van der Waals surface area contributed by atoms with Gasteiger partial charge < -0.3 is 73.5 Å². The molecule has 0 aromatic carbocycles. The number of amides is 2. The third-order valence-electron chi connectivity index (χ3n) is 8.68. The third-order valence-corrected chi connectivity index (χ3v) is 8.68. The molecule has 3 heterocycles. The minimum absolute atomic E-state index is 0.00975. The first-order chi connectivity index (χ1) is 19.6. The lowest BCUT2D eigenvalue weighted by atomic mass is 9.72. The Balaban J connectivity index is 1.60. The van der Waals surface area contributed by atoms with E-state index in [0.29, 0.717) is 11.6 Å². The highest BCUT2D eigenvalue weighted by Gasteiger charge is 2.53. The van der Waals surface area contributed by atoms with Gasteiger partial charge in [0, 0.05) is 50.2 Å². The Labute approximate surface area is 238 Å². The van der Waals surface area contributed by atoms with Crippen molar-refractivity contribution in [3.8, 4) is 0 Å². The summed E-state index contributed by atoms with van der Waals surface area (Å²) in [6, 6.07) is -3.62. The Bertz CT molecular complexity index is 845. The standard InChI is InChI=1S/C24H48N8O9/c25-3-4-32(38)24(37)31-14-5-12(27)16(21-13(30-10-7-29-8-10)2-1-11(6-26)39-21)19(35)22(14)41-23-20(36)17(28)18(34)15(9-33)40-23/h10-23,29-30,33-36,38H,1-9,25-28H2,(H,31,37). The normalized spacial score (nSPS) is 43.8. The molecule has 3 saturated heterocycles. The van der Waals surface area contributed by atoms with Crippen LogP contribution < -0.4 is 38.9 Å². The zero-order valence-corrected chi connectivity index (χ0v) is 23.1. The number of hydrogen-bond donors (Lipinski definition) is 12. The SMILES string of the molecule is NCCN(O)C(=O)NC1CC(N)C(C2OC(CN)CCC2NC2CNC2)C(O)C1OC1OC(CO)C(O)C(N)C1O. The van der Waals surface area contributed by atoms with E-state index in [9.17, 15) is 30.4 Å². The van der Waals surface area contributed by atoms with Crippen LogP contribution in [0.15, 0.2) is 0 Å². The minimum atomic E-state index is -1.52. The number of nitrogens with two attached hydrogens (primary N) is 4. The molecule has 4 rings (SSSR count). The zero-order chi connectivity index (χ0) is 29.8. The van der Waals surface area contributed by atoms with Crippen molar-refractivity contribution in [3.05, 3.63) is 0 Å². The first kappa shape index (κ1) is 32.6. The maximum Gasteiger partial charge on any atom is 0.341 e. The Morgan fingerprint density at radius 3 is 2.39 bits per heavy atom. The van der Waals surface area contributed by atoms with E-state index >= 15 is 0 Å². The van der Waals surface area contributed by atoms with Crippen LogP contribution in [0.1, 0.15) is 19.3 Å². The molecule has 0 radical (unpaired) electrons. The maximum atomic E-state index is 12.7. The van der Waals surface area contributed by atoms with Gasteiger partial charge in [-0.05, 0) is 19.3 Å². The zero-order valence-electron chi connectivity index (χ0n) is 23.1. The molecule has 4 fully saturated rings. The van der Waals surface area contributed by atoms with Gasteiger partial charge in [0.05, 0.1) is 43.5 Å². The molecule has 1 aliphatic carbocycles. The fourth-order valence-electron chi connectivity index (χ4n) is 6.22. The number of nitrogens with one attached hydrogen (secondary N) is 3. The van der Waals surface area contributed by atoms with E-state index < -0.39 is 79.6 Å². The first-order valence-electron chi connectivity index (χ1n) is 14.4. The van der Waals surface area contributed by atoms with Crippen molar-refractivity contribution < 1.29 is 44.6 Å². The number of ether oxygens (including phenoxy) is 3. The topological polar surface area (TPSA) is 289 Å². The van der Waals surface area contributed by atoms with Gasteiger partial charge in [0.1, 0.15) is 24.4 Å². The van der Waals surface area contributed by atoms with Gasteiger partial charge >= 0.3 is 6.03 Å². The molecule has 4 aliphatic rings. The number of hydroxylamine groups is 2. The molecule has 13 atom stereocenters. The molecule has 16 N–H and O–H groups in total. The van der Waals surface area contributed by atoms with Crippen LogP contribution in [0.2, 0.25) is 0 Å². The predicted octanol–water partition coefficient (Wildman–Crippen LogP) is -5.99. The van der Waals surface area contributed by atoms with Crippen molar-refractivity contribution in [3.63, 3.8) is 0 Å². The van der Waals surface area contributed by atoms with Crippen molar-refractivity contribution in [2.75, 3.05) is 39.3 Å². The van der Waals surface area contributed by atoms with Crippen molar-refractivity contribution in [1.29, 1.82) is 0 Å². The van der Waals surface area contributed by atoms with Gasteiger partial charge in [0.15, 0.2) is 6.29 Å². The summed E-state index contributed by atoms with van der Waals surface area (Å²) >= 11 is 0. The summed E-state index contributed by atoms with van der Waals surface area (Å²) in [5, 5.41) is 62.4. The molecule has 1 saturated carbocycles. The van der Waals surface area contributed by atoms with Crippen LogP contribution in [0.5, 0.6) is 0 Å². The summed E-state index contributed by atoms with van der Waals surface area (Å²) in [5.74, 6) is -0.684. The van der Waals surface area contributed by atoms with Gasteiger partial charge in [0.25, 0.3) is 0 Å². The van der Waals surface area contributed by atoms with Crippen molar-refractivity contribution in [2.24, 2.45) is 28.9 Å². The molecule has 238 valence electrons. The van der Waals surface area contributed by atoms with Crippen LogP contribution in [0.25, 0.3) is 0 Å². The van der Waals surface area contributed by atoms with Crippen molar-refractivity contribution in [1.82, 2.24) is 21.0 Å². The van der Waals surface area contributed by atoms with Crippen LogP contribution >= 0.6 is 0 Å². The van der Waals surface area contributed by atoms with Crippen LogP contribution in [0.4, 0.5) is 4.79 Å². The van der Waals surface area contributed by atoms with Crippen LogP contribution in [0.3, 0.4) is 0 Å². The number of rotatable bonds is 10. The Kier molecular flexibility index (Phi) is 11.5. The fraction of sp³-hybridized carbons (Fsp3) is 0.958. The van der Waals surface area contributed by atoms with Crippen molar-refractivity contribution in [2.45, 2.75) is 98.5 Å². The molecule has 13 unspecified atom stereocenters. The summed E-state index contributed by atoms with van der Waals surface area (Å²) in [5.41, 5.74) is 24.0. The monoisotopic (exact) mass is 592 g/mol. The molecular weight excluding hydrogens is 544 g/mol. The minimum Gasteiger partial charge on any atom is -0.394 e. The van der Waals surface area contributed by atoms with Gasteiger partial charge in [-0.2, -0.15) is 0 Å². The lowest BCUT2D eigenvalue weighted by Crippen LogP contribution is -2.70. The van der Waals surface area contributed by atoms with Crippen LogP contribution in [-0.2, 0) is 14.2 Å². The highest BCUT2D eigenvalue weighted by molar-refractivity contribution is 5.73. The second kappa shape index (κ2) is 14.5. The molecule has 0 bridgehead atoms. The lowest BCUT2D eigenvalue weighted by molar-refractivity contribution is -0.306. The fourth-order valence-corrected chi connectivity index (χ4v) is 6.22. The number of urea groups is 1. The Morgan fingerprint density at radius 2 is 1.78 bits per heavy atom. The van der Waals surface area contributed by atoms with E-state index in [2.05, 4.69) is 16.0 Å². The second-order valence-electron chi connectivity index (χ2n) is 11.5. The smallest absolute Gasteiger partial charge is 0.341 e. The molecule has 0 aromatic rings. The molecule has 0 aromatic heterocycles. The molecule has 3 aliphatic heterocycles. The summed E-state index contributed by atoms with van der Waals surface area (Å²) in [6.45, 7) is 1.17. The number of carbonyl (C=O) groups is 1. The van der Waals surface area contributed by atoms with E-state index in [-0.39, 0.29) is 37.7 Å². The predicted molar refractivity (Wildman–Crippen MR) is 143 cm³/mol. The first-order valence-corrected chi connectivity index (χ1v) is 14.4. The summed E-state index contributed by atoms with van der Waals surface area (Å²) < 4.78 is 18.1. The van der Waals surface area contributed by atoms with Gasteiger partial charge in [-0.1, -0.05) is 0 Å². The van der Waals surface area contributed by atoms with E-state index in [4.69, 9.17) is 37.1 Å². The summed E-state index contributed by atoms with van der Waals surface area (Å²) in [6.07, 6.45) is -7.26. The number of hydrogen-bond acceptors (Lipinski definition) is 15. The quantitative estimate of drug-likeness (QED) is 0.0830. The third kappa shape index (κ3) is 7.27. The molecule has 2 amide bonds. The molecule has 41 heavy (non-hydrogen) atoms. The Hall–Kier alpha value is -1.29. The van der Waals surface area contributed by atoms with Gasteiger partial charge in [-0.3, -0.25) is 5.21 Å². The molecular formula is C24H48N8O9. The van der Waals surface area contributed by atoms with Gasteiger partial charge in [-0.15, -0.1) is 0 Å². The molecule has 17 heteroatoms. The number of aliphatic hydroxyl groups excluding tert-OH is 4. The van der Waals surface area contributed by atoms with Gasteiger partial charge in [-0.25, -0.2) is 9.86 Å². The lowest BCUT2D eigenvalue weighted by Gasteiger charge is -2.52. The van der Waals surface area contributed by atoms with Crippen LogP contribution in [0, 0.1) is 5.92 Å². The average molecular weight is 593 g/mol. The second-order valence-corrected chi connectivity index (χ2v) is 11.5. The van der Waals surface area contributed by atoms with E-state index in [1.165, 1.54) is 0 Å². The number of carbonyl (C=O) groups excluding carboxylic acids is 1. The van der Waals surface area contributed by atoms with Gasteiger partial charge in [0.2, 0.25) is 0 Å². The summed E-state index contributed by atoms with van der Waals surface area (Å²) in [4.78, 5) is 12.7. The highest BCUT2D eigenvalue weighted by Crippen LogP contribution is 2.37. The largest absolute Gasteiger partial charge is 0.394 e. The molecule has 17 nitrogen and oxygen atoms in total. The van der Waals surface area contributed by atoms with Crippen molar-refractivity contribution >= 4 is 6.03 Å². The Morgan fingerprint density at radius 1 is 1.05 bits per heavy atom. The van der Waals surface area contributed by atoms with E-state index in [1.807, 2.05) is 0 Å². The van der Waals surface area contributed by atoms with Crippen LogP contribution in [-0.4, -0.2) is 155 Å². The maximum absolute atomic E-state index is 12.7. The number of aliphatic hydroxyl groups is 4. The average Bonchev–Trinajstić information content (AvgIpc) is 2.93. The summed E-state index contributed by atoms with van der Waals surface area (Å²) in [7, 11) is 0. The van der Waals surface area contributed by atoms with E-state index in [1.54, 1.807) is 0 Å². The molecule has 0 spiro atoms. The number of nitrogens with zero attached hydrogens (tertiary/aromatic N) is 1. The van der Waals surface area contributed by atoms with E-state index in [0.717, 1.165) is 25.9 Å². The highest BCUT2D eigenvalue weighted by atomic mass is 16.7.